The minimum Gasteiger partial charge on any atom is -0.508 e. The van der Waals surface area contributed by atoms with Crippen molar-refractivity contribution < 1.29 is 10.2 Å². The standard InChI is InChI=1S/C24H34O2/c1-2-3-4-5-6-7-12-21(23-14-8-9-15-24(23)26)13-10-11-20-16-18-22(25)19-17-20/h8-9,14-19,21,25-26H,2-7,10-13H2,1H3. The van der Waals surface area contributed by atoms with Gasteiger partial charge in [0.05, 0.1) is 0 Å². The molecule has 0 spiro atoms. The van der Waals surface area contributed by atoms with Gasteiger partial charge >= 0.3 is 0 Å². The van der Waals surface area contributed by atoms with Crippen molar-refractivity contribution in [1.29, 1.82) is 0 Å². The first-order valence-corrected chi connectivity index (χ1v) is 10.3. The first-order valence-electron chi connectivity index (χ1n) is 10.3. The summed E-state index contributed by atoms with van der Waals surface area (Å²) in [7, 11) is 0. The second-order valence-electron chi connectivity index (χ2n) is 7.37. The van der Waals surface area contributed by atoms with Gasteiger partial charge in [-0.2, -0.15) is 0 Å². The van der Waals surface area contributed by atoms with Gasteiger partial charge in [0, 0.05) is 0 Å². The van der Waals surface area contributed by atoms with Crippen molar-refractivity contribution in [3.63, 3.8) is 0 Å². The van der Waals surface area contributed by atoms with Crippen LogP contribution in [0, 0.1) is 0 Å². The zero-order chi connectivity index (χ0) is 18.6. The Labute approximate surface area is 158 Å². The zero-order valence-corrected chi connectivity index (χ0v) is 16.2. The Morgan fingerprint density at radius 3 is 2.12 bits per heavy atom. The highest BCUT2D eigenvalue weighted by molar-refractivity contribution is 5.35. The van der Waals surface area contributed by atoms with Crippen LogP contribution in [-0.2, 0) is 6.42 Å². The normalized spacial score (nSPS) is 12.2. The van der Waals surface area contributed by atoms with Crippen LogP contribution in [0.5, 0.6) is 11.5 Å². The van der Waals surface area contributed by atoms with Gasteiger partial charge in [-0.1, -0.05) is 75.8 Å². The van der Waals surface area contributed by atoms with Crippen molar-refractivity contribution in [2.75, 3.05) is 0 Å². The Kier molecular flexibility index (Phi) is 9.09. The third-order valence-corrected chi connectivity index (χ3v) is 5.24. The van der Waals surface area contributed by atoms with E-state index in [1.807, 2.05) is 30.3 Å². The molecule has 0 heterocycles. The number of phenolic OH excluding ortho intramolecular Hbond substituents is 2. The van der Waals surface area contributed by atoms with E-state index in [-0.39, 0.29) is 0 Å². The molecule has 0 saturated heterocycles. The minimum absolute atomic E-state index is 0.323. The SMILES string of the molecule is CCCCCCCCC(CCCc1ccc(O)cc1)c1ccccc1O. The number of aromatic hydroxyl groups is 2. The molecule has 0 aromatic heterocycles. The molecule has 0 aliphatic carbocycles. The molecule has 2 aromatic rings. The molecule has 0 aliphatic heterocycles. The molecule has 0 saturated carbocycles. The fraction of sp³-hybridized carbons (Fsp3) is 0.500. The molecule has 0 aliphatic rings. The smallest absolute Gasteiger partial charge is 0.119 e. The highest BCUT2D eigenvalue weighted by atomic mass is 16.3. The second-order valence-corrected chi connectivity index (χ2v) is 7.37. The van der Waals surface area contributed by atoms with E-state index in [0.29, 0.717) is 17.4 Å². The van der Waals surface area contributed by atoms with Gasteiger partial charge in [0.2, 0.25) is 0 Å². The molecule has 142 valence electrons. The number of hydrogen-bond donors (Lipinski definition) is 2. The fourth-order valence-corrected chi connectivity index (χ4v) is 3.67. The Hall–Kier alpha value is -1.96. The monoisotopic (exact) mass is 354 g/mol. The molecule has 2 aromatic carbocycles. The molecule has 0 bridgehead atoms. The number of aryl methyl sites for hydroxylation is 1. The fourth-order valence-electron chi connectivity index (χ4n) is 3.67. The van der Waals surface area contributed by atoms with Crippen LogP contribution < -0.4 is 0 Å². The number of unbranched alkanes of at least 4 members (excludes halogenated alkanes) is 5. The molecule has 0 radical (unpaired) electrons. The Morgan fingerprint density at radius 2 is 1.38 bits per heavy atom. The van der Waals surface area contributed by atoms with Crippen LogP contribution in [0.3, 0.4) is 0 Å². The molecule has 0 fully saturated rings. The summed E-state index contributed by atoms with van der Waals surface area (Å²) in [5, 5.41) is 19.7. The maximum absolute atomic E-state index is 10.3. The van der Waals surface area contributed by atoms with Crippen molar-refractivity contribution >= 4 is 0 Å². The largest absolute Gasteiger partial charge is 0.508 e. The van der Waals surface area contributed by atoms with Crippen LogP contribution in [0.2, 0.25) is 0 Å². The summed E-state index contributed by atoms with van der Waals surface area (Å²) in [6, 6.07) is 15.3. The first kappa shape index (κ1) is 20.4. The van der Waals surface area contributed by atoms with Gasteiger partial charge in [-0.3, -0.25) is 0 Å². The minimum atomic E-state index is 0.323. The Bertz CT molecular complexity index is 618. The number of phenols is 2. The number of benzene rings is 2. The van der Waals surface area contributed by atoms with E-state index >= 15 is 0 Å². The van der Waals surface area contributed by atoms with E-state index < -0.39 is 0 Å². The lowest BCUT2D eigenvalue weighted by atomic mass is 9.87. The van der Waals surface area contributed by atoms with Crippen molar-refractivity contribution in [1.82, 2.24) is 0 Å². The van der Waals surface area contributed by atoms with E-state index in [1.165, 1.54) is 44.1 Å². The predicted octanol–water partition coefficient (Wildman–Crippen LogP) is 6.95. The first-order chi connectivity index (χ1) is 12.7. The molecule has 0 amide bonds. The quantitative estimate of drug-likeness (QED) is 0.405. The Balaban J connectivity index is 1.86. The van der Waals surface area contributed by atoms with Crippen molar-refractivity contribution in [2.45, 2.75) is 77.0 Å². The molecule has 2 nitrogen and oxygen atoms in total. The summed E-state index contributed by atoms with van der Waals surface area (Å²) in [4.78, 5) is 0. The lowest BCUT2D eigenvalue weighted by molar-refractivity contribution is 0.442. The van der Waals surface area contributed by atoms with Crippen molar-refractivity contribution in [2.24, 2.45) is 0 Å². The third-order valence-electron chi connectivity index (χ3n) is 5.24. The van der Waals surface area contributed by atoms with E-state index in [2.05, 4.69) is 13.0 Å². The van der Waals surface area contributed by atoms with Gasteiger partial charge in [0.15, 0.2) is 0 Å². The molecule has 2 heteroatoms. The second kappa shape index (κ2) is 11.6. The van der Waals surface area contributed by atoms with Gasteiger partial charge in [0.25, 0.3) is 0 Å². The summed E-state index contributed by atoms with van der Waals surface area (Å²) in [5.41, 5.74) is 2.37. The summed E-state index contributed by atoms with van der Waals surface area (Å²) in [6.07, 6.45) is 12.2. The number of hydrogen-bond acceptors (Lipinski definition) is 2. The van der Waals surface area contributed by atoms with Crippen LogP contribution in [-0.4, -0.2) is 10.2 Å². The van der Waals surface area contributed by atoms with E-state index in [1.54, 1.807) is 12.1 Å². The lowest BCUT2D eigenvalue weighted by Crippen LogP contribution is -2.01. The topological polar surface area (TPSA) is 40.5 Å². The van der Waals surface area contributed by atoms with Crippen molar-refractivity contribution in [3.8, 4) is 11.5 Å². The highest BCUT2D eigenvalue weighted by Crippen LogP contribution is 2.33. The molecule has 2 rings (SSSR count). The highest BCUT2D eigenvalue weighted by Gasteiger charge is 2.14. The molecule has 1 atom stereocenters. The zero-order valence-electron chi connectivity index (χ0n) is 16.2. The number of rotatable bonds is 12. The van der Waals surface area contributed by atoms with Gasteiger partial charge in [0.1, 0.15) is 11.5 Å². The van der Waals surface area contributed by atoms with Crippen LogP contribution in [0.1, 0.15) is 81.8 Å². The summed E-state index contributed by atoms with van der Waals surface area (Å²) in [5.74, 6) is 1.19. The van der Waals surface area contributed by atoms with Crippen molar-refractivity contribution in [3.05, 3.63) is 59.7 Å². The van der Waals surface area contributed by atoms with E-state index in [0.717, 1.165) is 31.2 Å². The van der Waals surface area contributed by atoms with Gasteiger partial charge < -0.3 is 10.2 Å². The molecular formula is C24H34O2. The van der Waals surface area contributed by atoms with Crippen LogP contribution >= 0.6 is 0 Å². The maximum Gasteiger partial charge on any atom is 0.119 e. The summed E-state index contributed by atoms with van der Waals surface area (Å²) >= 11 is 0. The van der Waals surface area contributed by atoms with Gasteiger partial charge in [-0.15, -0.1) is 0 Å². The molecule has 1 unspecified atom stereocenters. The number of para-hydroxylation sites is 1. The van der Waals surface area contributed by atoms with E-state index in [9.17, 15) is 10.2 Å². The van der Waals surface area contributed by atoms with E-state index in [4.69, 9.17) is 0 Å². The van der Waals surface area contributed by atoms with Gasteiger partial charge in [-0.25, -0.2) is 0 Å². The predicted molar refractivity (Wildman–Crippen MR) is 110 cm³/mol. The van der Waals surface area contributed by atoms with Gasteiger partial charge in [-0.05, 0) is 60.9 Å². The molecule has 2 N–H and O–H groups in total. The van der Waals surface area contributed by atoms with Crippen LogP contribution in [0.25, 0.3) is 0 Å². The average molecular weight is 355 g/mol. The Morgan fingerprint density at radius 1 is 0.731 bits per heavy atom. The summed E-state index contributed by atoms with van der Waals surface area (Å²) < 4.78 is 0. The van der Waals surface area contributed by atoms with Crippen LogP contribution in [0.15, 0.2) is 48.5 Å². The lowest BCUT2D eigenvalue weighted by Gasteiger charge is -2.19. The third kappa shape index (κ3) is 7.11. The average Bonchev–Trinajstić information content (AvgIpc) is 2.65. The summed E-state index contributed by atoms with van der Waals surface area (Å²) in [6.45, 7) is 2.25. The maximum atomic E-state index is 10.3. The molecular weight excluding hydrogens is 320 g/mol. The molecule has 26 heavy (non-hydrogen) atoms. The van der Waals surface area contributed by atoms with Crippen LogP contribution in [0.4, 0.5) is 0 Å².